The van der Waals surface area contributed by atoms with E-state index in [9.17, 15) is 9.90 Å². The van der Waals surface area contributed by atoms with E-state index in [0.29, 0.717) is 5.56 Å². The normalized spacial score (nSPS) is 11.4. The SMILES string of the molecule is CCC(CC)(CO)CNCc1ccc(C(=O)NC)cc1. The Morgan fingerprint density at radius 2 is 1.80 bits per heavy atom. The van der Waals surface area contributed by atoms with Crippen LogP contribution in [-0.2, 0) is 6.54 Å². The van der Waals surface area contributed by atoms with Crippen molar-refractivity contribution in [3.8, 4) is 0 Å². The van der Waals surface area contributed by atoms with Gasteiger partial charge in [0.1, 0.15) is 0 Å². The number of carbonyl (C=O) groups excluding carboxylic acids is 1. The minimum Gasteiger partial charge on any atom is -0.396 e. The first-order valence-electron chi connectivity index (χ1n) is 7.23. The molecule has 0 saturated heterocycles. The van der Waals surface area contributed by atoms with E-state index in [1.165, 1.54) is 0 Å². The molecule has 1 rings (SSSR count). The molecule has 1 aromatic carbocycles. The van der Waals surface area contributed by atoms with Gasteiger partial charge in [-0.25, -0.2) is 0 Å². The molecule has 20 heavy (non-hydrogen) atoms. The van der Waals surface area contributed by atoms with Crippen LogP contribution >= 0.6 is 0 Å². The summed E-state index contributed by atoms with van der Waals surface area (Å²) in [5.74, 6) is -0.0687. The van der Waals surface area contributed by atoms with Crippen LogP contribution in [0.3, 0.4) is 0 Å². The molecule has 4 nitrogen and oxygen atoms in total. The highest BCUT2D eigenvalue weighted by Gasteiger charge is 2.24. The topological polar surface area (TPSA) is 61.4 Å². The molecule has 0 aromatic heterocycles. The first kappa shape index (κ1) is 16.7. The monoisotopic (exact) mass is 278 g/mol. The average molecular weight is 278 g/mol. The fourth-order valence-corrected chi connectivity index (χ4v) is 2.17. The summed E-state index contributed by atoms with van der Waals surface area (Å²) in [4.78, 5) is 11.4. The maximum absolute atomic E-state index is 11.4. The van der Waals surface area contributed by atoms with E-state index in [1.807, 2.05) is 24.3 Å². The lowest BCUT2D eigenvalue weighted by atomic mass is 9.83. The van der Waals surface area contributed by atoms with Crippen LogP contribution < -0.4 is 10.6 Å². The van der Waals surface area contributed by atoms with Gasteiger partial charge in [-0.3, -0.25) is 4.79 Å². The fraction of sp³-hybridized carbons (Fsp3) is 0.562. The Balaban J connectivity index is 2.52. The van der Waals surface area contributed by atoms with Gasteiger partial charge in [0.15, 0.2) is 0 Å². The van der Waals surface area contributed by atoms with Crippen molar-refractivity contribution in [3.63, 3.8) is 0 Å². The smallest absolute Gasteiger partial charge is 0.251 e. The zero-order chi connectivity index (χ0) is 15.0. The van der Waals surface area contributed by atoms with Gasteiger partial charge in [-0.15, -0.1) is 0 Å². The first-order valence-corrected chi connectivity index (χ1v) is 7.23. The molecule has 0 heterocycles. The lowest BCUT2D eigenvalue weighted by Gasteiger charge is -2.29. The predicted octanol–water partition coefficient (Wildman–Crippen LogP) is 1.93. The number of nitrogens with one attached hydrogen (secondary N) is 2. The molecule has 112 valence electrons. The molecular formula is C16H26N2O2. The Morgan fingerprint density at radius 3 is 2.25 bits per heavy atom. The minimum atomic E-state index is -0.0687. The van der Waals surface area contributed by atoms with Crippen molar-refractivity contribution in [2.45, 2.75) is 33.2 Å². The second-order valence-corrected chi connectivity index (χ2v) is 5.24. The summed E-state index contributed by atoms with van der Waals surface area (Å²) in [7, 11) is 1.63. The lowest BCUT2D eigenvalue weighted by molar-refractivity contribution is 0.0963. The van der Waals surface area contributed by atoms with Crippen molar-refractivity contribution in [2.24, 2.45) is 5.41 Å². The standard InChI is InChI=1S/C16H26N2O2/c1-4-16(5-2,12-19)11-18-10-13-6-8-14(9-7-13)15(20)17-3/h6-9,18-19H,4-5,10-12H2,1-3H3,(H,17,20). The van der Waals surface area contributed by atoms with Gasteiger partial charge in [0.25, 0.3) is 5.91 Å². The summed E-state index contributed by atoms with van der Waals surface area (Å²) in [6.07, 6.45) is 1.92. The van der Waals surface area contributed by atoms with Crippen molar-refractivity contribution >= 4 is 5.91 Å². The van der Waals surface area contributed by atoms with Gasteiger partial charge in [0.05, 0.1) is 0 Å². The van der Waals surface area contributed by atoms with E-state index in [-0.39, 0.29) is 17.9 Å². The van der Waals surface area contributed by atoms with Crippen molar-refractivity contribution in [1.82, 2.24) is 10.6 Å². The number of aliphatic hydroxyl groups is 1. The van der Waals surface area contributed by atoms with E-state index in [2.05, 4.69) is 24.5 Å². The third-order valence-electron chi connectivity index (χ3n) is 4.11. The highest BCUT2D eigenvalue weighted by Crippen LogP contribution is 2.24. The number of aliphatic hydroxyl groups excluding tert-OH is 1. The zero-order valence-electron chi connectivity index (χ0n) is 12.7. The van der Waals surface area contributed by atoms with Crippen molar-refractivity contribution in [1.29, 1.82) is 0 Å². The van der Waals surface area contributed by atoms with Gasteiger partial charge in [-0.05, 0) is 30.5 Å². The summed E-state index contributed by atoms with van der Waals surface area (Å²) in [5, 5.41) is 15.5. The first-order chi connectivity index (χ1) is 9.60. The molecule has 4 heteroatoms. The van der Waals surface area contributed by atoms with Crippen LogP contribution in [0.15, 0.2) is 24.3 Å². The van der Waals surface area contributed by atoms with Crippen molar-refractivity contribution in [3.05, 3.63) is 35.4 Å². The summed E-state index contributed by atoms with van der Waals surface area (Å²) in [6, 6.07) is 7.57. The number of amides is 1. The quantitative estimate of drug-likeness (QED) is 0.681. The molecule has 0 atom stereocenters. The minimum absolute atomic E-state index is 0.0258. The van der Waals surface area contributed by atoms with Gasteiger partial charge >= 0.3 is 0 Å². The summed E-state index contributed by atoms with van der Waals surface area (Å²) >= 11 is 0. The predicted molar refractivity (Wildman–Crippen MR) is 81.6 cm³/mol. The molecule has 0 fully saturated rings. The molecule has 0 unspecified atom stereocenters. The van der Waals surface area contributed by atoms with Crippen molar-refractivity contribution < 1.29 is 9.90 Å². The van der Waals surface area contributed by atoms with Crippen LogP contribution in [0.1, 0.15) is 42.6 Å². The Kier molecular flexibility index (Phi) is 6.68. The summed E-state index contributed by atoms with van der Waals surface area (Å²) in [5.41, 5.74) is 1.78. The fourth-order valence-electron chi connectivity index (χ4n) is 2.17. The second kappa shape index (κ2) is 8.02. The van der Waals surface area contributed by atoms with Crippen LogP contribution in [0.4, 0.5) is 0 Å². The average Bonchev–Trinajstić information content (AvgIpc) is 2.52. The number of benzene rings is 1. The van der Waals surface area contributed by atoms with E-state index in [1.54, 1.807) is 7.05 Å². The van der Waals surface area contributed by atoms with Crippen molar-refractivity contribution in [2.75, 3.05) is 20.2 Å². The van der Waals surface area contributed by atoms with E-state index < -0.39 is 0 Å². The summed E-state index contributed by atoms with van der Waals surface area (Å²) < 4.78 is 0. The van der Waals surface area contributed by atoms with Gasteiger partial charge in [-0.2, -0.15) is 0 Å². The molecular weight excluding hydrogens is 252 g/mol. The molecule has 0 spiro atoms. The number of carbonyl (C=O) groups is 1. The second-order valence-electron chi connectivity index (χ2n) is 5.24. The zero-order valence-corrected chi connectivity index (χ0v) is 12.7. The van der Waals surface area contributed by atoms with E-state index in [4.69, 9.17) is 0 Å². The molecule has 0 aliphatic heterocycles. The van der Waals surface area contributed by atoms with Gasteiger partial charge in [0, 0.05) is 37.7 Å². The number of rotatable bonds is 8. The van der Waals surface area contributed by atoms with Gasteiger partial charge in [-0.1, -0.05) is 26.0 Å². The number of hydrogen-bond acceptors (Lipinski definition) is 3. The molecule has 0 aliphatic carbocycles. The largest absolute Gasteiger partial charge is 0.396 e. The van der Waals surface area contributed by atoms with E-state index in [0.717, 1.165) is 31.5 Å². The van der Waals surface area contributed by atoms with Crippen LogP contribution in [0.2, 0.25) is 0 Å². The molecule has 0 aliphatic rings. The highest BCUT2D eigenvalue weighted by molar-refractivity contribution is 5.93. The third kappa shape index (κ3) is 4.32. The Morgan fingerprint density at radius 1 is 1.20 bits per heavy atom. The Bertz CT molecular complexity index is 403. The third-order valence-corrected chi connectivity index (χ3v) is 4.11. The van der Waals surface area contributed by atoms with Crippen LogP contribution in [-0.4, -0.2) is 31.2 Å². The maximum atomic E-state index is 11.4. The van der Waals surface area contributed by atoms with Crippen LogP contribution in [0, 0.1) is 5.41 Å². The molecule has 1 aromatic rings. The molecule has 3 N–H and O–H groups in total. The molecule has 0 bridgehead atoms. The van der Waals surface area contributed by atoms with Crippen LogP contribution in [0.5, 0.6) is 0 Å². The van der Waals surface area contributed by atoms with Gasteiger partial charge in [0.2, 0.25) is 0 Å². The molecule has 0 radical (unpaired) electrons. The Labute approximate surface area is 121 Å². The molecule has 1 amide bonds. The highest BCUT2D eigenvalue weighted by atomic mass is 16.3. The lowest BCUT2D eigenvalue weighted by Crippen LogP contribution is -2.36. The van der Waals surface area contributed by atoms with Crippen LogP contribution in [0.25, 0.3) is 0 Å². The Hall–Kier alpha value is -1.39. The summed E-state index contributed by atoms with van der Waals surface area (Å²) in [6.45, 7) is 5.98. The number of hydrogen-bond donors (Lipinski definition) is 3. The maximum Gasteiger partial charge on any atom is 0.251 e. The molecule has 0 saturated carbocycles. The van der Waals surface area contributed by atoms with Gasteiger partial charge < -0.3 is 15.7 Å². The van der Waals surface area contributed by atoms with E-state index >= 15 is 0 Å².